The van der Waals surface area contributed by atoms with E-state index in [0.29, 0.717) is 22.1 Å². The molecule has 0 fully saturated rings. The standard InChI is InChI=1S/C16H15ClO3/c1-19-14-8-12(9-15(10-14)20-2)16(18)7-11-4-3-5-13(17)6-11/h3-6,8-10H,7H2,1-2H3. The maximum Gasteiger partial charge on any atom is 0.167 e. The number of carbonyl (C=O) groups is 1. The van der Waals surface area contributed by atoms with Gasteiger partial charge in [0.25, 0.3) is 0 Å². The first-order valence-corrected chi connectivity index (χ1v) is 6.51. The molecule has 2 aromatic carbocycles. The summed E-state index contributed by atoms with van der Waals surface area (Å²) < 4.78 is 10.3. The van der Waals surface area contributed by atoms with Gasteiger partial charge in [0.15, 0.2) is 5.78 Å². The molecule has 0 radical (unpaired) electrons. The molecule has 0 heterocycles. The van der Waals surface area contributed by atoms with Gasteiger partial charge in [-0.3, -0.25) is 4.79 Å². The van der Waals surface area contributed by atoms with Crippen molar-refractivity contribution >= 4 is 17.4 Å². The Balaban J connectivity index is 2.24. The molecule has 0 N–H and O–H groups in total. The number of ether oxygens (including phenoxy) is 2. The van der Waals surface area contributed by atoms with Crippen molar-refractivity contribution in [2.24, 2.45) is 0 Å². The molecule has 0 saturated heterocycles. The van der Waals surface area contributed by atoms with Crippen LogP contribution in [0.1, 0.15) is 15.9 Å². The van der Waals surface area contributed by atoms with Gasteiger partial charge < -0.3 is 9.47 Å². The molecule has 2 aromatic rings. The predicted molar refractivity (Wildman–Crippen MR) is 79.0 cm³/mol. The molecule has 0 aromatic heterocycles. The first-order chi connectivity index (χ1) is 9.62. The summed E-state index contributed by atoms with van der Waals surface area (Å²) in [6, 6.07) is 12.4. The number of carbonyl (C=O) groups excluding carboxylic acids is 1. The Bertz CT molecular complexity index is 601. The van der Waals surface area contributed by atoms with Crippen molar-refractivity contribution in [3.63, 3.8) is 0 Å². The number of Topliss-reactive ketones (excluding diaryl/α,β-unsaturated/α-hetero) is 1. The second-order valence-corrected chi connectivity index (χ2v) is 4.77. The maximum atomic E-state index is 12.3. The molecular formula is C16H15ClO3. The Labute approximate surface area is 123 Å². The highest BCUT2D eigenvalue weighted by Gasteiger charge is 2.11. The monoisotopic (exact) mass is 290 g/mol. The average molecular weight is 291 g/mol. The van der Waals surface area contributed by atoms with E-state index < -0.39 is 0 Å². The molecule has 104 valence electrons. The Morgan fingerprint density at radius 2 is 1.70 bits per heavy atom. The summed E-state index contributed by atoms with van der Waals surface area (Å²) in [5.41, 5.74) is 1.44. The van der Waals surface area contributed by atoms with Crippen LogP contribution in [0.15, 0.2) is 42.5 Å². The van der Waals surface area contributed by atoms with Crippen LogP contribution >= 0.6 is 11.6 Å². The van der Waals surface area contributed by atoms with Crippen LogP contribution < -0.4 is 9.47 Å². The van der Waals surface area contributed by atoms with Crippen LogP contribution in [0.3, 0.4) is 0 Å². The third-order valence-corrected chi connectivity index (χ3v) is 3.16. The summed E-state index contributed by atoms with van der Waals surface area (Å²) in [5, 5.41) is 0.624. The van der Waals surface area contributed by atoms with Gasteiger partial charge in [0.1, 0.15) is 11.5 Å². The van der Waals surface area contributed by atoms with Crippen LogP contribution in [-0.4, -0.2) is 20.0 Å². The minimum absolute atomic E-state index is 0.00975. The normalized spacial score (nSPS) is 10.2. The zero-order valence-corrected chi connectivity index (χ0v) is 12.1. The van der Waals surface area contributed by atoms with Crippen molar-refractivity contribution in [3.8, 4) is 11.5 Å². The molecule has 0 spiro atoms. The second kappa shape index (κ2) is 6.44. The summed E-state index contributed by atoms with van der Waals surface area (Å²) >= 11 is 5.92. The zero-order chi connectivity index (χ0) is 14.5. The summed E-state index contributed by atoms with van der Waals surface area (Å²) in [6.45, 7) is 0. The largest absolute Gasteiger partial charge is 0.497 e. The molecule has 0 aliphatic carbocycles. The molecule has 0 amide bonds. The lowest BCUT2D eigenvalue weighted by atomic mass is 10.0. The minimum Gasteiger partial charge on any atom is -0.497 e. The van der Waals surface area contributed by atoms with Crippen LogP contribution in [-0.2, 0) is 6.42 Å². The Kier molecular flexibility index (Phi) is 4.64. The van der Waals surface area contributed by atoms with Gasteiger partial charge >= 0.3 is 0 Å². The van der Waals surface area contributed by atoms with Crippen LogP contribution in [0.5, 0.6) is 11.5 Å². The average Bonchev–Trinajstić information content (AvgIpc) is 2.46. The molecule has 0 saturated carbocycles. The summed E-state index contributed by atoms with van der Waals surface area (Å²) in [6.07, 6.45) is 0.289. The van der Waals surface area contributed by atoms with E-state index in [1.165, 1.54) is 0 Å². The van der Waals surface area contributed by atoms with E-state index in [0.717, 1.165) is 5.56 Å². The first kappa shape index (κ1) is 14.4. The van der Waals surface area contributed by atoms with Gasteiger partial charge in [0.05, 0.1) is 14.2 Å². The highest BCUT2D eigenvalue weighted by molar-refractivity contribution is 6.30. The van der Waals surface area contributed by atoms with Crippen LogP contribution in [0.2, 0.25) is 5.02 Å². The van der Waals surface area contributed by atoms with Gasteiger partial charge in [-0.1, -0.05) is 23.7 Å². The molecule has 4 heteroatoms. The molecule has 2 rings (SSSR count). The van der Waals surface area contributed by atoms with E-state index in [2.05, 4.69) is 0 Å². The van der Waals surface area contributed by atoms with Crippen LogP contribution in [0.4, 0.5) is 0 Å². The van der Waals surface area contributed by atoms with E-state index in [4.69, 9.17) is 21.1 Å². The van der Waals surface area contributed by atoms with Crippen molar-refractivity contribution in [2.75, 3.05) is 14.2 Å². The number of ketones is 1. The number of halogens is 1. The Morgan fingerprint density at radius 1 is 1.05 bits per heavy atom. The number of hydrogen-bond donors (Lipinski definition) is 0. The SMILES string of the molecule is COc1cc(OC)cc(C(=O)Cc2cccc(Cl)c2)c1. The molecule has 3 nitrogen and oxygen atoms in total. The van der Waals surface area contributed by atoms with Crippen molar-refractivity contribution in [3.05, 3.63) is 58.6 Å². The van der Waals surface area contributed by atoms with Crippen LogP contribution in [0, 0.1) is 0 Å². The maximum absolute atomic E-state index is 12.3. The molecule has 0 atom stereocenters. The lowest BCUT2D eigenvalue weighted by molar-refractivity contribution is 0.0992. The molecule has 20 heavy (non-hydrogen) atoms. The van der Waals surface area contributed by atoms with Gasteiger partial charge in [-0.15, -0.1) is 0 Å². The molecular weight excluding hydrogens is 276 g/mol. The number of benzene rings is 2. The van der Waals surface area contributed by atoms with E-state index in [1.807, 2.05) is 12.1 Å². The molecule has 0 aliphatic rings. The summed E-state index contributed by atoms with van der Waals surface area (Å²) in [7, 11) is 3.11. The number of hydrogen-bond acceptors (Lipinski definition) is 3. The van der Waals surface area contributed by atoms with Crippen molar-refractivity contribution in [1.82, 2.24) is 0 Å². The van der Waals surface area contributed by atoms with Crippen molar-refractivity contribution in [1.29, 1.82) is 0 Å². The Hall–Kier alpha value is -2.00. The lowest BCUT2D eigenvalue weighted by Crippen LogP contribution is -2.04. The van der Waals surface area contributed by atoms with E-state index in [1.54, 1.807) is 44.6 Å². The minimum atomic E-state index is -0.00975. The summed E-state index contributed by atoms with van der Waals surface area (Å²) in [5.74, 6) is 1.18. The quantitative estimate of drug-likeness (QED) is 0.786. The van der Waals surface area contributed by atoms with Gasteiger partial charge in [-0.25, -0.2) is 0 Å². The van der Waals surface area contributed by atoms with E-state index >= 15 is 0 Å². The Morgan fingerprint density at radius 3 is 2.25 bits per heavy atom. The fourth-order valence-electron chi connectivity index (χ4n) is 1.90. The third kappa shape index (κ3) is 3.52. The predicted octanol–water partition coefficient (Wildman–Crippen LogP) is 3.78. The zero-order valence-electron chi connectivity index (χ0n) is 11.4. The van der Waals surface area contributed by atoms with Gasteiger partial charge in [-0.2, -0.15) is 0 Å². The molecule has 0 aliphatic heterocycles. The van der Waals surface area contributed by atoms with E-state index in [-0.39, 0.29) is 12.2 Å². The lowest BCUT2D eigenvalue weighted by Gasteiger charge is -2.08. The smallest absolute Gasteiger partial charge is 0.167 e. The summed E-state index contributed by atoms with van der Waals surface area (Å²) in [4.78, 5) is 12.3. The second-order valence-electron chi connectivity index (χ2n) is 4.33. The molecule has 0 bridgehead atoms. The van der Waals surface area contributed by atoms with Crippen LogP contribution in [0.25, 0.3) is 0 Å². The number of rotatable bonds is 5. The highest BCUT2D eigenvalue weighted by Crippen LogP contribution is 2.23. The fourth-order valence-corrected chi connectivity index (χ4v) is 2.12. The number of methoxy groups -OCH3 is 2. The highest BCUT2D eigenvalue weighted by atomic mass is 35.5. The van der Waals surface area contributed by atoms with E-state index in [9.17, 15) is 4.79 Å². The van der Waals surface area contributed by atoms with Crippen molar-refractivity contribution < 1.29 is 14.3 Å². The van der Waals surface area contributed by atoms with Crippen molar-refractivity contribution in [2.45, 2.75) is 6.42 Å². The first-order valence-electron chi connectivity index (χ1n) is 6.13. The van der Waals surface area contributed by atoms with Gasteiger partial charge in [-0.05, 0) is 29.8 Å². The molecule has 0 unspecified atom stereocenters. The fraction of sp³-hybridized carbons (Fsp3) is 0.188. The van der Waals surface area contributed by atoms with Gasteiger partial charge in [0.2, 0.25) is 0 Å². The van der Waals surface area contributed by atoms with Gasteiger partial charge in [0, 0.05) is 23.1 Å². The third-order valence-electron chi connectivity index (χ3n) is 2.93. The topological polar surface area (TPSA) is 35.5 Å².